The van der Waals surface area contributed by atoms with E-state index in [9.17, 15) is 9.59 Å². The fourth-order valence-electron chi connectivity index (χ4n) is 0.861. The highest BCUT2D eigenvalue weighted by Crippen LogP contribution is 2.00. The maximum Gasteiger partial charge on any atom is 0.332 e. The number of carboxylic acids is 1. The number of aliphatic carboxylic acids is 1. The lowest BCUT2D eigenvalue weighted by Gasteiger charge is -2.05. The first-order chi connectivity index (χ1) is 7.11. The molecule has 0 aliphatic heterocycles. The number of aliphatic hydroxyl groups excluding tert-OH is 1. The molecule has 7 heteroatoms. The number of rotatable bonds is 5. The van der Waals surface area contributed by atoms with Gasteiger partial charge in [0.15, 0.2) is 6.10 Å². The third kappa shape index (κ3) is 3.64. The smallest absolute Gasteiger partial charge is 0.332 e. The van der Waals surface area contributed by atoms with Crippen molar-refractivity contribution in [1.82, 2.24) is 10.3 Å². The molecular formula is C8H10N2O4S. The van der Waals surface area contributed by atoms with Gasteiger partial charge in [0, 0.05) is 18.3 Å². The zero-order valence-electron chi connectivity index (χ0n) is 7.71. The summed E-state index contributed by atoms with van der Waals surface area (Å²) in [4.78, 5) is 25.3. The number of aliphatic hydroxyl groups is 1. The van der Waals surface area contributed by atoms with Crippen molar-refractivity contribution in [2.45, 2.75) is 12.5 Å². The normalized spacial score (nSPS) is 12.1. The molecule has 0 bridgehead atoms. The highest BCUT2D eigenvalue weighted by atomic mass is 32.1. The number of hydrogen-bond acceptors (Lipinski definition) is 5. The number of amides is 1. The number of thiazole rings is 1. The lowest BCUT2D eigenvalue weighted by Crippen LogP contribution is -2.30. The molecule has 1 unspecified atom stereocenters. The minimum atomic E-state index is -1.44. The zero-order chi connectivity index (χ0) is 11.3. The van der Waals surface area contributed by atoms with Crippen molar-refractivity contribution in [1.29, 1.82) is 0 Å². The fourth-order valence-corrected chi connectivity index (χ4v) is 1.39. The summed E-state index contributed by atoms with van der Waals surface area (Å²) in [6.07, 6.45) is -1.47. The van der Waals surface area contributed by atoms with E-state index in [1.54, 1.807) is 5.38 Å². The molecule has 0 aliphatic rings. The van der Waals surface area contributed by atoms with Gasteiger partial charge in [-0.25, -0.2) is 9.78 Å². The van der Waals surface area contributed by atoms with Gasteiger partial charge in [0.1, 0.15) is 5.69 Å². The summed E-state index contributed by atoms with van der Waals surface area (Å²) in [7, 11) is 0. The molecule has 1 amide bonds. The quantitative estimate of drug-likeness (QED) is 0.645. The van der Waals surface area contributed by atoms with Crippen LogP contribution < -0.4 is 5.32 Å². The van der Waals surface area contributed by atoms with E-state index in [0.29, 0.717) is 5.69 Å². The van der Waals surface area contributed by atoms with Gasteiger partial charge >= 0.3 is 5.97 Å². The van der Waals surface area contributed by atoms with E-state index < -0.39 is 12.1 Å². The van der Waals surface area contributed by atoms with Crippen LogP contribution in [0.2, 0.25) is 0 Å². The van der Waals surface area contributed by atoms with Crippen molar-refractivity contribution in [3.63, 3.8) is 0 Å². The van der Waals surface area contributed by atoms with Crippen molar-refractivity contribution in [3.8, 4) is 0 Å². The van der Waals surface area contributed by atoms with Crippen LogP contribution in [0.1, 0.15) is 16.9 Å². The Kier molecular flexibility index (Phi) is 4.19. The minimum absolute atomic E-state index is 0.0226. The van der Waals surface area contributed by atoms with Crippen molar-refractivity contribution in [2.75, 3.05) is 6.54 Å². The molecule has 1 atom stereocenters. The van der Waals surface area contributed by atoms with Crippen LogP contribution in [0.15, 0.2) is 10.9 Å². The monoisotopic (exact) mass is 230 g/mol. The summed E-state index contributed by atoms with van der Waals surface area (Å²) < 4.78 is 0. The molecule has 1 heterocycles. The second kappa shape index (κ2) is 5.42. The van der Waals surface area contributed by atoms with E-state index in [-0.39, 0.29) is 18.9 Å². The largest absolute Gasteiger partial charge is 0.479 e. The highest BCUT2D eigenvalue weighted by molar-refractivity contribution is 7.07. The summed E-state index contributed by atoms with van der Waals surface area (Å²) in [5, 5.41) is 21.3. The lowest BCUT2D eigenvalue weighted by atomic mass is 10.2. The second-order valence-corrected chi connectivity index (χ2v) is 3.49. The standard InChI is InChI=1S/C8H10N2O4S/c11-6(8(13)14)1-2-9-7(12)5-3-15-4-10-5/h3-4,6,11H,1-2H2,(H,9,12)(H,13,14). The molecule has 0 radical (unpaired) electrons. The zero-order valence-corrected chi connectivity index (χ0v) is 8.53. The first-order valence-corrected chi connectivity index (χ1v) is 5.13. The Bertz CT molecular complexity index is 338. The molecule has 0 spiro atoms. The van der Waals surface area contributed by atoms with Crippen molar-refractivity contribution in [2.24, 2.45) is 0 Å². The number of nitrogens with one attached hydrogen (secondary N) is 1. The molecule has 0 saturated heterocycles. The summed E-state index contributed by atoms with van der Waals surface area (Å²) >= 11 is 1.30. The Balaban J connectivity index is 2.27. The van der Waals surface area contributed by atoms with Crippen molar-refractivity contribution >= 4 is 23.2 Å². The van der Waals surface area contributed by atoms with E-state index in [0.717, 1.165) is 0 Å². The Morgan fingerprint density at radius 3 is 2.87 bits per heavy atom. The Hall–Kier alpha value is -1.47. The van der Waals surface area contributed by atoms with Gasteiger partial charge < -0.3 is 15.5 Å². The maximum atomic E-state index is 11.3. The predicted octanol–water partition coefficient (Wildman–Crippen LogP) is -0.292. The first kappa shape index (κ1) is 11.6. The number of nitrogens with zero attached hydrogens (tertiary/aromatic N) is 1. The SMILES string of the molecule is O=C(NCCC(O)C(=O)O)c1cscn1. The molecule has 0 aliphatic carbocycles. The highest BCUT2D eigenvalue weighted by Gasteiger charge is 2.13. The molecule has 0 saturated carbocycles. The second-order valence-electron chi connectivity index (χ2n) is 2.77. The van der Waals surface area contributed by atoms with E-state index in [2.05, 4.69) is 10.3 Å². The molecule has 1 rings (SSSR count). The van der Waals surface area contributed by atoms with Crippen LogP contribution in [0.5, 0.6) is 0 Å². The van der Waals surface area contributed by atoms with Crippen LogP contribution in [-0.4, -0.2) is 39.7 Å². The molecule has 6 nitrogen and oxygen atoms in total. The van der Waals surface area contributed by atoms with Gasteiger partial charge in [0.25, 0.3) is 5.91 Å². The molecular weight excluding hydrogens is 220 g/mol. The lowest BCUT2D eigenvalue weighted by molar-refractivity contribution is -0.146. The summed E-state index contributed by atoms with van der Waals surface area (Å²) in [5.41, 5.74) is 1.82. The molecule has 1 aromatic heterocycles. The van der Waals surface area contributed by atoms with Crippen molar-refractivity contribution < 1.29 is 19.8 Å². The van der Waals surface area contributed by atoms with Gasteiger partial charge in [0.05, 0.1) is 5.51 Å². The molecule has 82 valence electrons. The molecule has 3 N–H and O–H groups in total. The van der Waals surface area contributed by atoms with Crippen LogP contribution in [0.3, 0.4) is 0 Å². The molecule has 1 aromatic rings. The van der Waals surface area contributed by atoms with Gasteiger partial charge in [-0.2, -0.15) is 0 Å². The topological polar surface area (TPSA) is 99.5 Å². The van der Waals surface area contributed by atoms with Gasteiger partial charge in [-0.15, -0.1) is 11.3 Å². The molecule has 0 fully saturated rings. The first-order valence-electron chi connectivity index (χ1n) is 4.18. The average molecular weight is 230 g/mol. The number of hydrogen-bond donors (Lipinski definition) is 3. The number of carbonyl (C=O) groups is 2. The van der Waals surface area contributed by atoms with Crippen LogP contribution in [0.25, 0.3) is 0 Å². The number of carboxylic acid groups (broad SMARTS) is 1. The number of carbonyl (C=O) groups excluding carboxylic acids is 1. The third-order valence-electron chi connectivity index (χ3n) is 1.65. The molecule has 0 aromatic carbocycles. The van der Waals surface area contributed by atoms with Gasteiger partial charge in [-0.3, -0.25) is 4.79 Å². The van der Waals surface area contributed by atoms with E-state index in [1.807, 2.05) is 0 Å². The van der Waals surface area contributed by atoms with E-state index >= 15 is 0 Å². The van der Waals surface area contributed by atoms with Crippen LogP contribution in [-0.2, 0) is 4.79 Å². The molecule has 15 heavy (non-hydrogen) atoms. The van der Waals surface area contributed by atoms with Gasteiger partial charge in [0.2, 0.25) is 0 Å². The van der Waals surface area contributed by atoms with Crippen molar-refractivity contribution in [3.05, 3.63) is 16.6 Å². The average Bonchev–Trinajstić information content (AvgIpc) is 2.70. The van der Waals surface area contributed by atoms with E-state index in [1.165, 1.54) is 16.8 Å². The Labute approximate surface area is 89.6 Å². The predicted molar refractivity (Wildman–Crippen MR) is 52.7 cm³/mol. The van der Waals surface area contributed by atoms with Crippen LogP contribution >= 0.6 is 11.3 Å². The maximum absolute atomic E-state index is 11.3. The van der Waals surface area contributed by atoms with Crippen LogP contribution in [0.4, 0.5) is 0 Å². The number of aromatic nitrogens is 1. The summed E-state index contributed by atoms with van der Waals surface area (Å²) in [6.45, 7) is 0.101. The van der Waals surface area contributed by atoms with Gasteiger partial charge in [-0.05, 0) is 0 Å². The summed E-state index contributed by atoms with van der Waals surface area (Å²) in [6, 6.07) is 0. The van der Waals surface area contributed by atoms with E-state index in [4.69, 9.17) is 10.2 Å². The Morgan fingerprint density at radius 1 is 1.60 bits per heavy atom. The Morgan fingerprint density at radius 2 is 2.33 bits per heavy atom. The fraction of sp³-hybridized carbons (Fsp3) is 0.375. The van der Waals surface area contributed by atoms with Crippen LogP contribution in [0, 0.1) is 0 Å². The van der Waals surface area contributed by atoms with Gasteiger partial charge in [-0.1, -0.05) is 0 Å². The summed E-state index contributed by atoms with van der Waals surface area (Å²) in [5.74, 6) is -1.66. The third-order valence-corrected chi connectivity index (χ3v) is 2.24. The minimum Gasteiger partial charge on any atom is -0.479 e.